The van der Waals surface area contributed by atoms with E-state index in [1.807, 2.05) is 18.3 Å². The van der Waals surface area contributed by atoms with Gasteiger partial charge >= 0.3 is 0 Å². The lowest BCUT2D eigenvalue weighted by Gasteiger charge is -2.08. The first-order valence-corrected chi connectivity index (χ1v) is 5.76. The molecule has 0 aliphatic carbocycles. The molecule has 82 valence electrons. The molecule has 3 rings (SSSR count). The van der Waals surface area contributed by atoms with Crippen LogP contribution in [0.5, 0.6) is 0 Å². The summed E-state index contributed by atoms with van der Waals surface area (Å²) in [6, 6.07) is 18.8. The van der Waals surface area contributed by atoms with Gasteiger partial charge in [0.1, 0.15) is 0 Å². The highest BCUT2D eigenvalue weighted by molar-refractivity contribution is 5.88. The summed E-state index contributed by atoms with van der Waals surface area (Å²) in [7, 11) is 0. The van der Waals surface area contributed by atoms with E-state index in [0.29, 0.717) is 0 Å². The lowest BCUT2D eigenvalue weighted by Crippen LogP contribution is -1.87. The molecule has 0 aliphatic heterocycles. The van der Waals surface area contributed by atoms with Gasteiger partial charge in [0.25, 0.3) is 0 Å². The predicted molar refractivity (Wildman–Crippen MR) is 71.9 cm³/mol. The minimum atomic E-state index is 1.09. The van der Waals surface area contributed by atoms with Gasteiger partial charge in [-0.15, -0.1) is 0 Å². The van der Waals surface area contributed by atoms with Crippen LogP contribution >= 0.6 is 0 Å². The molecule has 1 aromatic heterocycles. The number of hydrogen-bond donors (Lipinski definition) is 0. The van der Waals surface area contributed by atoms with Crippen LogP contribution in [-0.4, -0.2) is 4.98 Å². The van der Waals surface area contributed by atoms with E-state index in [0.717, 1.165) is 5.52 Å². The first-order chi connectivity index (χ1) is 8.36. The Morgan fingerprint density at radius 3 is 2.47 bits per heavy atom. The van der Waals surface area contributed by atoms with Crippen LogP contribution in [0.25, 0.3) is 22.0 Å². The molecule has 1 nitrogen and oxygen atoms in total. The molecule has 0 fully saturated rings. The second-order valence-electron chi connectivity index (χ2n) is 4.18. The molecule has 0 saturated carbocycles. The Hall–Kier alpha value is -2.15. The Labute approximate surface area is 101 Å². The van der Waals surface area contributed by atoms with Crippen molar-refractivity contribution in [1.29, 1.82) is 0 Å². The normalized spacial score (nSPS) is 10.6. The van der Waals surface area contributed by atoms with E-state index in [9.17, 15) is 0 Å². The molecule has 0 saturated heterocycles. The molecule has 0 spiro atoms. The van der Waals surface area contributed by atoms with Crippen LogP contribution in [0.1, 0.15) is 5.56 Å². The third-order valence-corrected chi connectivity index (χ3v) is 3.11. The maximum Gasteiger partial charge on any atom is 0.0737 e. The number of benzene rings is 2. The van der Waals surface area contributed by atoms with Crippen LogP contribution in [0.4, 0.5) is 0 Å². The van der Waals surface area contributed by atoms with Crippen molar-refractivity contribution in [3.8, 4) is 11.1 Å². The standard InChI is InChI=1S/C16H13N/c1-12-15(13-6-3-2-4-7-13)10-9-14-8-5-11-17-16(12)14/h2-11H,1H3. The summed E-state index contributed by atoms with van der Waals surface area (Å²) in [6.07, 6.45) is 1.85. The fourth-order valence-corrected chi connectivity index (χ4v) is 2.22. The summed E-state index contributed by atoms with van der Waals surface area (Å²) in [5.41, 5.74) is 4.84. The number of fused-ring (bicyclic) bond motifs is 1. The summed E-state index contributed by atoms with van der Waals surface area (Å²) >= 11 is 0. The first kappa shape index (κ1) is 10.0. The minimum Gasteiger partial charge on any atom is -0.256 e. The molecule has 1 heteroatoms. The van der Waals surface area contributed by atoms with Crippen molar-refractivity contribution < 1.29 is 0 Å². The zero-order valence-electron chi connectivity index (χ0n) is 9.72. The van der Waals surface area contributed by atoms with Crippen molar-refractivity contribution in [2.24, 2.45) is 0 Å². The first-order valence-electron chi connectivity index (χ1n) is 5.76. The second-order valence-corrected chi connectivity index (χ2v) is 4.18. The van der Waals surface area contributed by atoms with Crippen LogP contribution in [0, 0.1) is 6.92 Å². The quantitative estimate of drug-likeness (QED) is 0.597. The third kappa shape index (κ3) is 1.70. The largest absolute Gasteiger partial charge is 0.256 e. The maximum absolute atomic E-state index is 4.47. The number of aryl methyl sites for hydroxylation is 1. The van der Waals surface area contributed by atoms with Crippen molar-refractivity contribution in [1.82, 2.24) is 4.98 Å². The highest BCUT2D eigenvalue weighted by Gasteiger charge is 2.05. The molecule has 0 radical (unpaired) electrons. The van der Waals surface area contributed by atoms with Gasteiger partial charge in [-0.2, -0.15) is 0 Å². The zero-order valence-corrected chi connectivity index (χ0v) is 9.72. The predicted octanol–water partition coefficient (Wildman–Crippen LogP) is 4.21. The van der Waals surface area contributed by atoms with E-state index in [1.165, 1.54) is 22.1 Å². The number of hydrogen-bond acceptors (Lipinski definition) is 1. The van der Waals surface area contributed by atoms with Crippen molar-refractivity contribution in [3.63, 3.8) is 0 Å². The molecule has 0 aliphatic rings. The monoisotopic (exact) mass is 219 g/mol. The third-order valence-electron chi connectivity index (χ3n) is 3.11. The highest BCUT2D eigenvalue weighted by atomic mass is 14.6. The minimum absolute atomic E-state index is 1.09. The Morgan fingerprint density at radius 1 is 0.824 bits per heavy atom. The Kier molecular flexibility index (Phi) is 2.37. The Bertz CT molecular complexity index is 657. The highest BCUT2D eigenvalue weighted by Crippen LogP contribution is 2.28. The Morgan fingerprint density at radius 2 is 1.65 bits per heavy atom. The van der Waals surface area contributed by atoms with Crippen LogP contribution in [0.2, 0.25) is 0 Å². The summed E-state index contributed by atoms with van der Waals surface area (Å²) in [6.45, 7) is 2.14. The Balaban J connectivity index is 2.29. The number of aromatic nitrogens is 1. The van der Waals surface area contributed by atoms with E-state index >= 15 is 0 Å². The number of pyridine rings is 1. The van der Waals surface area contributed by atoms with Gasteiger partial charge in [-0.1, -0.05) is 48.5 Å². The van der Waals surface area contributed by atoms with Crippen molar-refractivity contribution >= 4 is 10.9 Å². The lowest BCUT2D eigenvalue weighted by atomic mass is 9.98. The average molecular weight is 219 g/mol. The van der Waals surface area contributed by atoms with Crippen LogP contribution < -0.4 is 0 Å². The summed E-state index contributed by atoms with van der Waals surface area (Å²) in [5.74, 6) is 0. The van der Waals surface area contributed by atoms with Crippen molar-refractivity contribution in [2.75, 3.05) is 0 Å². The molecule has 0 amide bonds. The average Bonchev–Trinajstić information content (AvgIpc) is 2.40. The zero-order chi connectivity index (χ0) is 11.7. The summed E-state index contributed by atoms with van der Waals surface area (Å²) < 4.78 is 0. The number of nitrogens with zero attached hydrogens (tertiary/aromatic N) is 1. The van der Waals surface area contributed by atoms with Gasteiger partial charge in [-0.05, 0) is 29.7 Å². The molecular weight excluding hydrogens is 206 g/mol. The number of rotatable bonds is 1. The van der Waals surface area contributed by atoms with E-state index in [2.05, 4.69) is 54.4 Å². The van der Waals surface area contributed by atoms with Gasteiger partial charge in [0.05, 0.1) is 5.52 Å². The van der Waals surface area contributed by atoms with Crippen LogP contribution in [0.3, 0.4) is 0 Å². The smallest absolute Gasteiger partial charge is 0.0737 e. The molecule has 0 bridgehead atoms. The fourth-order valence-electron chi connectivity index (χ4n) is 2.22. The molecule has 1 heterocycles. The van der Waals surface area contributed by atoms with Gasteiger partial charge < -0.3 is 0 Å². The van der Waals surface area contributed by atoms with Crippen molar-refractivity contribution in [3.05, 3.63) is 66.4 Å². The van der Waals surface area contributed by atoms with E-state index < -0.39 is 0 Å². The molecular formula is C16H13N. The molecule has 2 aromatic carbocycles. The van der Waals surface area contributed by atoms with E-state index in [1.54, 1.807) is 0 Å². The van der Waals surface area contributed by atoms with E-state index in [-0.39, 0.29) is 0 Å². The van der Waals surface area contributed by atoms with Gasteiger partial charge in [-0.25, -0.2) is 0 Å². The summed E-state index contributed by atoms with van der Waals surface area (Å²) in [5, 5.41) is 1.20. The van der Waals surface area contributed by atoms with Gasteiger partial charge in [0, 0.05) is 11.6 Å². The molecule has 0 N–H and O–H groups in total. The fraction of sp³-hybridized carbons (Fsp3) is 0.0625. The van der Waals surface area contributed by atoms with Gasteiger partial charge in [0.15, 0.2) is 0 Å². The maximum atomic E-state index is 4.47. The lowest BCUT2D eigenvalue weighted by molar-refractivity contribution is 1.36. The van der Waals surface area contributed by atoms with Crippen molar-refractivity contribution in [2.45, 2.75) is 6.92 Å². The second kappa shape index (κ2) is 4.02. The SMILES string of the molecule is Cc1c(-c2ccccc2)ccc2cccnc12. The molecule has 0 atom stereocenters. The van der Waals surface area contributed by atoms with E-state index in [4.69, 9.17) is 0 Å². The molecule has 17 heavy (non-hydrogen) atoms. The van der Waals surface area contributed by atoms with Crippen LogP contribution in [-0.2, 0) is 0 Å². The molecule has 0 unspecified atom stereocenters. The summed E-state index contributed by atoms with van der Waals surface area (Å²) in [4.78, 5) is 4.47. The topological polar surface area (TPSA) is 12.9 Å². The van der Waals surface area contributed by atoms with Gasteiger partial charge in [0.2, 0.25) is 0 Å². The van der Waals surface area contributed by atoms with Gasteiger partial charge in [-0.3, -0.25) is 4.98 Å². The van der Waals surface area contributed by atoms with Crippen LogP contribution in [0.15, 0.2) is 60.8 Å². The molecule has 3 aromatic rings.